The zero-order chi connectivity index (χ0) is 14.3. The lowest BCUT2D eigenvalue weighted by Gasteiger charge is -2.21. The van der Waals surface area contributed by atoms with Crippen molar-refractivity contribution in [2.75, 3.05) is 13.7 Å². The van der Waals surface area contributed by atoms with E-state index in [0.29, 0.717) is 0 Å². The Morgan fingerprint density at radius 1 is 1.28 bits per heavy atom. The van der Waals surface area contributed by atoms with Crippen LogP contribution in [0.15, 0.2) is 47.1 Å². The minimum absolute atomic E-state index is 0.00752. The smallest absolute Gasteiger partial charge is 0.0825 e. The summed E-state index contributed by atoms with van der Waals surface area (Å²) < 4.78 is 5.54. The third-order valence-corrected chi connectivity index (χ3v) is 3.20. The van der Waals surface area contributed by atoms with E-state index in [1.54, 1.807) is 13.2 Å². The van der Waals surface area contributed by atoms with Crippen LogP contribution >= 0.6 is 0 Å². The molecule has 0 saturated heterocycles. The molecule has 0 aromatic rings. The standard InChI is InChI=1S/C16H26O2/c1-8-14(10-17)13(6)16(18-7)9-15(11(2)3)12(4)5/h8,16-17H,1-2,9-10H2,3-7H3/b14-13-. The van der Waals surface area contributed by atoms with Gasteiger partial charge in [-0.15, -0.1) is 0 Å². The molecule has 18 heavy (non-hydrogen) atoms. The minimum Gasteiger partial charge on any atom is -0.392 e. The number of hydrogen-bond donors (Lipinski definition) is 1. The van der Waals surface area contributed by atoms with E-state index in [1.807, 2.05) is 13.8 Å². The molecule has 0 aliphatic heterocycles. The van der Waals surface area contributed by atoms with E-state index in [0.717, 1.165) is 23.1 Å². The second-order valence-electron chi connectivity index (χ2n) is 4.76. The lowest BCUT2D eigenvalue weighted by molar-refractivity contribution is 0.130. The summed E-state index contributed by atoms with van der Waals surface area (Å²) in [4.78, 5) is 0. The molecule has 102 valence electrons. The van der Waals surface area contributed by atoms with Crippen LogP contribution in [-0.2, 0) is 4.74 Å². The van der Waals surface area contributed by atoms with Crippen molar-refractivity contribution in [3.63, 3.8) is 0 Å². The van der Waals surface area contributed by atoms with Gasteiger partial charge in [-0.1, -0.05) is 30.4 Å². The lowest BCUT2D eigenvalue weighted by Crippen LogP contribution is -2.16. The average Bonchev–Trinajstić information content (AvgIpc) is 2.30. The average molecular weight is 250 g/mol. The molecule has 0 heterocycles. The molecular formula is C16H26O2. The fourth-order valence-corrected chi connectivity index (χ4v) is 1.96. The largest absolute Gasteiger partial charge is 0.392 e. The maximum Gasteiger partial charge on any atom is 0.0825 e. The number of ether oxygens (including phenoxy) is 1. The van der Waals surface area contributed by atoms with Crippen LogP contribution in [0.1, 0.15) is 34.1 Å². The summed E-state index contributed by atoms with van der Waals surface area (Å²) in [7, 11) is 1.69. The molecule has 1 unspecified atom stereocenters. The Bertz CT molecular complexity index is 369. The van der Waals surface area contributed by atoms with Crippen LogP contribution in [0, 0.1) is 0 Å². The summed E-state index contributed by atoms with van der Waals surface area (Å²) in [6.45, 7) is 15.9. The van der Waals surface area contributed by atoms with Gasteiger partial charge in [0.05, 0.1) is 12.7 Å². The van der Waals surface area contributed by atoms with Crippen molar-refractivity contribution in [1.82, 2.24) is 0 Å². The van der Waals surface area contributed by atoms with Gasteiger partial charge in [-0.3, -0.25) is 0 Å². The van der Waals surface area contributed by atoms with Gasteiger partial charge in [-0.05, 0) is 44.4 Å². The number of allylic oxidation sites excluding steroid dienone is 2. The molecule has 0 radical (unpaired) electrons. The molecule has 0 rings (SSSR count). The van der Waals surface area contributed by atoms with Gasteiger partial charge in [0.25, 0.3) is 0 Å². The number of rotatable bonds is 7. The second kappa shape index (κ2) is 8.06. The highest BCUT2D eigenvalue weighted by Crippen LogP contribution is 2.24. The molecule has 1 N–H and O–H groups in total. The van der Waals surface area contributed by atoms with E-state index in [-0.39, 0.29) is 12.7 Å². The maximum absolute atomic E-state index is 9.28. The van der Waals surface area contributed by atoms with Crippen LogP contribution in [-0.4, -0.2) is 24.9 Å². The van der Waals surface area contributed by atoms with Crippen LogP contribution < -0.4 is 0 Å². The SMILES string of the molecule is C=C/C(CO)=C(\C)C(CC(C(=C)C)=C(C)C)OC. The molecule has 0 aromatic carbocycles. The monoisotopic (exact) mass is 250 g/mol. The van der Waals surface area contributed by atoms with E-state index in [9.17, 15) is 5.11 Å². The highest BCUT2D eigenvalue weighted by atomic mass is 16.5. The molecule has 2 heteroatoms. The highest BCUT2D eigenvalue weighted by molar-refractivity contribution is 5.34. The zero-order valence-corrected chi connectivity index (χ0v) is 12.3. The molecule has 0 saturated carbocycles. The number of aliphatic hydroxyl groups is 1. The Kier molecular flexibility index (Phi) is 7.56. The molecule has 0 aliphatic rings. The fourth-order valence-electron chi connectivity index (χ4n) is 1.96. The van der Waals surface area contributed by atoms with E-state index >= 15 is 0 Å². The Morgan fingerprint density at radius 3 is 2.11 bits per heavy atom. The summed E-state index contributed by atoms with van der Waals surface area (Å²) >= 11 is 0. The van der Waals surface area contributed by atoms with Gasteiger partial charge in [0.15, 0.2) is 0 Å². The predicted octanol–water partition coefficient (Wildman–Crippen LogP) is 3.80. The first-order valence-electron chi connectivity index (χ1n) is 6.16. The Hall–Kier alpha value is -1.12. The van der Waals surface area contributed by atoms with Crippen molar-refractivity contribution in [3.8, 4) is 0 Å². The topological polar surface area (TPSA) is 29.5 Å². The first-order valence-corrected chi connectivity index (χ1v) is 6.16. The molecule has 2 nitrogen and oxygen atoms in total. The quantitative estimate of drug-likeness (QED) is 0.696. The van der Waals surface area contributed by atoms with Crippen LogP contribution in [0.5, 0.6) is 0 Å². The van der Waals surface area contributed by atoms with Crippen LogP contribution in [0.25, 0.3) is 0 Å². The number of methoxy groups -OCH3 is 1. The lowest BCUT2D eigenvalue weighted by atomic mass is 9.93. The highest BCUT2D eigenvalue weighted by Gasteiger charge is 2.16. The van der Waals surface area contributed by atoms with Crippen molar-refractivity contribution in [2.45, 2.75) is 40.2 Å². The van der Waals surface area contributed by atoms with Crippen LogP contribution in [0.3, 0.4) is 0 Å². The summed E-state index contributed by atoms with van der Waals surface area (Å²) in [6, 6.07) is 0. The molecule has 0 aromatic heterocycles. The van der Waals surface area contributed by atoms with Crippen molar-refractivity contribution in [2.24, 2.45) is 0 Å². The van der Waals surface area contributed by atoms with Gasteiger partial charge < -0.3 is 9.84 Å². The van der Waals surface area contributed by atoms with Gasteiger partial charge in [0.2, 0.25) is 0 Å². The summed E-state index contributed by atoms with van der Waals surface area (Å²) in [6.07, 6.45) is 2.41. The molecule has 0 amide bonds. The van der Waals surface area contributed by atoms with Gasteiger partial charge in [-0.2, -0.15) is 0 Å². The molecule has 0 fully saturated rings. The molecule has 0 bridgehead atoms. The van der Waals surface area contributed by atoms with E-state index in [1.165, 1.54) is 11.1 Å². The maximum atomic E-state index is 9.28. The summed E-state index contributed by atoms with van der Waals surface area (Å²) in [5.74, 6) is 0. The Balaban J connectivity index is 5.25. The molecule has 0 aliphatic carbocycles. The first kappa shape index (κ1) is 16.9. The summed E-state index contributed by atoms with van der Waals surface area (Å²) in [5.41, 5.74) is 5.39. The van der Waals surface area contributed by atoms with Crippen molar-refractivity contribution in [1.29, 1.82) is 0 Å². The number of hydrogen-bond acceptors (Lipinski definition) is 2. The molecule has 1 atom stereocenters. The van der Waals surface area contributed by atoms with Crippen LogP contribution in [0.4, 0.5) is 0 Å². The number of aliphatic hydroxyl groups excluding tert-OH is 1. The van der Waals surface area contributed by atoms with Gasteiger partial charge in [0, 0.05) is 13.5 Å². The predicted molar refractivity (Wildman–Crippen MR) is 78.6 cm³/mol. The fraction of sp³-hybridized carbons (Fsp3) is 0.500. The first-order chi connectivity index (χ1) is 8.38. The Morgan fingerprint density at radius 2 is 1.83 bits per heavy atom. The van der Waals surface area contributed by atoms with Crippen molar-refractivity contribution >= 4 is 0 Å². The van der Waals surface area contributed by atoms with E-state index in [4.69, 9.17) is 4.74 Å². The third kappa shape index (κ3) is 4.63. The van der Waals surface area contributed by atoms with Gasteiger partial charge in [0.1, 0.15) is 0 Å². The second-order valence-corrected chi connectivity index (χ2v) is 4.76. The molecular weight excluding hydrogens is 224 g/mol. The third-order valence-electron chi connectivity index (χ3n) is 3.20. The zero-order valence-electron chi connectivity index (χ0n) is 12.3. The van der Waals surface area contributed by atoms with E-state index < -0.39 is 0 Å². The van der Waals surface area contributed by atoms with Gasteiger partial charge in [-0.25, -0.2) is 0 Å². The van der Waals surface area contributed by atoms with E-state index in [2.05, 4.69) is 27.0 Å². The Labute approximate surface area is 111 Å². The normalized spacial score (nSPS) is 13.7. The minimum atomic E-state index is -0.0493. The van der Waals surface area contributed by atoms with Crippen LogP contribution in [0.2, 0.25) is 0 Å². The van der Waals surface area contributed by atoms with Crippen molar-refractivity contribution in [3.05, 3.63) is 47.1 Å². The van der Waals surface area contributed by atoms with Crippen molar-refractivity contribution < 1.29 is 9.84 Å². The summed E-state index contributed by atoms with van der Waals surface area (Å²) in [5, 5.41) is 9.28. The molecule has 0 spiro atoms. The van der Waals surface area contributed by atoms with Gasteiger partial charge >= 0.3 is 0 Å².